The van der Waals surface area contributed by atoms with Gasteiger partial charge in [-0.1, -0.05) is 0 Å². The molecule has 20 heavy (non-hydrogen) atoms. The van der Waals surface area contributed by atoms with E-state index in [1.807, 2.05) is 13.8 Å². The SMILES string of the molecule is CC1CS(=O)C(CC=O)O1.CC1CS(=O)C(CC=O)O1. The molecule has 0 spiro atoms. The van der Waals surface area contributed by atoms with Crippen LogP contribution in [0, 0.1) is 0 Å². The Kier molecular flexibility index (Phi) is 7.71. The van der Waals surface area contributed by atoms with E-state index in [1.54, 1.807) is 0 Å². The van der Waals surface area contributed by atoms with Gasteiger partial charge in [-0.2, -0.15) is 0 Å². The molecule has 0 radical (unpaired) electrons. The zero-order chi connectivity index (χ0) is 15.1. The van der Waals surface area contributed by atoms with Gasteiger partial charge in [0.1, 0.15) is 23.4 Å². The molecule has 0 aromatic heterocycles. The lowest BCUT2D eigenvalue weighted by Gasteiger charge is -2.03. The summed E-state index contributed by atoms with van der Waals surface area (Å²) in [6.45, 7) is 3.73. The van der Waals surface area contributed by atoms with Crippen molar-refractivity contribution >= 4 is 34.2 Å². The fourth-order valence-corrected chi connectivity index (χ4v) is 4.61. The first-order valence-corrected chi connectivity index (χ1v) is 9.16. The molecule has 0 aromatic rings. The number of hydrogen-bond donors (Lipinski definition) is 0. The third-order valence-electron chi connectivity index (χ3n) is 2.73. The van der Waals surface area contributed by atoms with Gasteiger partial charge in [-0.3, -0.25) is 8.42 Å². The van der Waals surface area contributed by atoms with Crippen molar-refractivity contribution in [3.05, 3.63) is 0 Å². The third kappa shape index (κ3) is 5.51. The predicted octanol–water partition coefficient (Wildman–Crippen LogP) is 0.138. The van der Waals surface area contributed by atoms with Crippen LogP contribution in [0.2, 0.25) is 0 Å². The Morgan fingerprint density at radius 3 is 1.45 bits per heavy atom. The van der Waals surface area contributed by atoms with E-state index in [4.69, 9.17) is 9.47 Å². The molecule has 2 saturated heterocycles. The summed E-state index contributed by atoms with van der Waals surface area (Å²) < 4.78 is 32.4. The average Bonchev–Trinajstić information content (AvgIpc) is 2.84. The number of hydrogen-bond acceptors (Lipinski definition) is 6. The monoisotopic (exact) mass is 324 g/mol. The molecule has 2 aliphatic heterocycles. The number of ether oxygens (including phenoxy) is 2. The van der Waals surface area contributed by atoms with E-state index in [2.05, 4.69) is 0 Å². The van der Waals surface area contributed by atoms with Crippen molar-refractivity contribution < 1.29 is 27.5 Å². The number of rotatable bonds is 4. The second-order valence-corrected chi connectivity index (χ2v) is 7.89. The summed E-state index contributed by atoms with van der Waals surface area (Å²) in [6, 6.07) is 0. The minimum Gasteiger partial charge on any atom is -0.361 e. The summed E-state index contributed by atoms with van der Waals surface area (Å²) in [5.74, 6) is 1.14. The van der Waals surface area contributed by atoms with Crippen LogP contribution in [0.15, 0.2) is 0 Å². The highest BCUT2D eigenvalue weighted by Gasteiger charge is 2.29. The lowest BCUT2D eigenvalue weighted by Crippen LogP contribution is -2.11. The topological polar surface area (TPSA) is 86.7 Å². The fourth-order valence-electron chi connectivity index (χ4n) is 1.88. The Balaban J connectivity index is 0.000000200. The van der Waals surface area contributed by atoms with Gasteiger partial charge in [-0.25, -0.2) is 0 Å². The quantitative estimate of drug-likeness (QED) is 0.684. The molecule has 2 aliphatic rings. The van der Waals surface area contributed by atoms with Crippen molar-refractivity contribution in [1.29, 1.82) is 0 Å². The highest BCUT2D eigenvalue weighted by Crippen LogP contribution is 2.17. The van der Waals surface area contributed by atoms with Crippen molar-refractivity contribution in [1.82, 2.24) is 0 Å². The third-order valence-corrected chi connectivity index (χ3v) is 6.11. The van der Waals surface area contributed by atoms with Crippen molar-refractivity contribution in [2.24, 2.45) is 0 Å². The molecule has 0 bridgehead atoms. The van der Waals surface area contributed by atoms with Gasteiger partial charge in [0.25, 0.3) is 0 Å². The van der Waals surface area contributed by atoms with E-state index >= 15 is 0 Å². The van der Waals surface area contributed by atoms with Crippen LogP contribution in [0.25, 0.3) is 0 Å². The molecule has 6 nitrogen and oxygen atoms in total. The van der Waals surface area contributed by atoms with Crippen molar-refractivity contribution in [3.8, 4) is 0 Å². The van der Waals surface area contributed by atoms with Gasteiger partial charge >= 0.3 is 0 Å². The summed E-state index contributed by atoms with van der Waals surface area (Å²) in [6.07, 6.45) is 2.12. The predicted molar refractivity (Wildman–Crippen MR) is 76.1 cm³/mol. The lowest BCUT2D eigenvalue weighted by atomic mass is 10.4. The summed E-state index contributed by atoms with van der Waals surface area (Å²) >= 11 is 0. The zero-order valence-electron chi connectivity index (χ0n) is 11.6. The first-order chi connectivity index (χ1) is 9.47. The van der Waals surface area contributed by atoms with Gasteiger partial charge in [0, 0.05) is 12.8 Å². The van der Waals surface area contributed by atoms with Gasteiger partial charge in [-0.15, -0.1) is 0 Å². The Morgan fingerprint density at radius 2 is 1.25 bits per heavy atom. The van der Waals surface area contributed by atoms with Gasteiger partial charge < -0.3 is 19.1 Å². The summed E-state index contributed by atoms with van der Waals surface area (Å²) in [5.41, 5.74) is -0.681. The molecule has 0 amide bonds. The fraction of sp³-hybridized carbons (Fsp3) is 0.833. The lowest BCUT2D eigenvalue weighted by molar-refractivity contribution is -0.110. The molecule has 8 heteroatoms. The highest BCUT2D eigenvalue weighted by atomic mass is 32.2. The van der Waals surface area contributed by atoms with Crippen LogP contribution in [-0.4, -0.2) is 55.6 Å². The molecular weight excluding hydrogens is 304 g/mol. The maximum Gasteiger partial charge on any atom is 0.139 e. The maximum atomic E-state index is 11.0. The molecule has 2 rings (SSSR count). The van der Waals surface area contributed by atoms with E-state index < -0.39 is 21.6 Å². The standard InChI is InChI=1S/2C6H10O3S/c2*1-5-4-10(8)6(9-5)2-3-7/h2*3,5-6H,2,4H2,1H3. The minimum atomic E-state index is -0.944. The summed E-state index contributed by atoms with van der Waals surface area (Å²) in [4.78, 5) is 20.0. The molecule has 0 N–H and O–H groups in total. The van der Waals surface area contributed by atoms with E-state index in [9.17, 15) is 18.0 Å². The Hall–Kier alpha value is -0.440. The van der Waals surface area contributed by atoms with E-state index in [0.717, 1.165) is 12.6 Å². The molecule has 2 heterocycles. The largest absolute Gasteiger partial charge is 0.361 e. The molecule has 0 saturated carbocycles. The van der Waals surface area contributed by atoms with E-state index in [1.165, 1.54) is 0 Å². The normalized spacial score (nSPS) is 39.9. The minimum absolute atomic E-state index is 0.0470. The number of aldehydes is 2. The summed E-state index contributed by atoms with van der Waals surface area (Å²) in [7, 11) is -1.89. The van der Waals surface area contributed by atoms with Gasteiger partial charge in [-0.05, 0) is 13.8 Å². The second-order valence-electron chi connectivity index (χ2n) is 4.65. The van der Waals surface area contributed by atoms with Gasteiger partial charge in [0.2, 0.25) is 0 Å². The van der Waals surface area contributed by atoms with Gasteiger partial charge in [0.15, 0.2) is 0 Å². The Bertz CT molecular complexity index is 350. The van der Waals surface area contributed by atoms with Crippen molar-refractivity contribution in [2.75, 3.05) is 11.5 Å². The van der Waals surface area contributed by atoms with Crippen LogP contribution < -0.4 is 0 Å². The summed E-state index contributed by atoms with van der Waals surface area (Å²) in [5, 5.41) is 0. The van der Waals surface area contributed by atoms with E-state index in [-0.39, 0.29) is 35.9 Å². The van der Waals surface area contributed by atoms with Crippen molar-refractivity contribution in [3.63, 3.8) is 0 Å². The molecule has 0 aliphatic carbocycles. The number of carbonyl (C=O) groups is 2. The molecule has 116 valence electrons. The Morgan fingerprint density at radius 1 is 0.900 bits per heavy atom. The molecule has 0 aromatic carbocycles. The molecule has 6 unspecified atom stereocenters. The maximum absolute atomic E-state index is 11.0. The van der Waals surface area contributed by atoms with Crippen LogP contribution in [0.3, 0.4) is 0 Å². The average molecular weight is 324 g/mol. The highest BCUT2D eigenvalue weighted by molar-refractivity contribution is 7.86. The van der Waals surface area contributed by atoms with Crippen molar-refractivity contribution in [2.45, 2.75) is 49.8 Å². The van der Waals surface area contributed by atoms with Crippen LogP contribution in [0.4, 0.5) is 0 Å². The zero-order valence-corrected chi connectivity index (χ0v) is 13.2. The van der Waals surface area contributed by atoms with E-state index in [0.29, 0.717) is 11.5 Å². The smallest absolute Gasteiger partial charge is 0.139 e. The first kappa shape index (κ1) is 17.6. The molecule has 6 atom stereocenters. The van der Waals surface area contributed by atoms with Crippen LogP contribution >= 0.6 is 0 Å². The van der Waals surface area contributed by atoms with Gasteiger partial charge in [0.05, 0.1) is 45.3 Å². The Labute approximate surface area is 123 Å². The number of carbonyl (C=O) groups excluding carboxylic acids is 2. The van der Waals surface area contributed by atoms with Crippen LogP contribution in [0.5, 0.6) is 0 Å². The van der Waals surface area contributed by atoms with Crippen LogP contribution in [0.1, 0.15) is 26.7 Å². The van der Waals surface area contributed by atoms with Crippen LogP contribution in [-0.2, 0) is 40.7 Å². The second kappa shape index (κ2) is 8.76. The molecular formula is C12H20O6S2. The first-order valence-electron chi connectivity index (χ1n) is 6.40. The molecule has 2 fully saturated rings.